The maximum atomic E-state index is 16.5. The summed E-state index contributed by atoms with van der Waals surface area (Å²) in [6.07, 6.45) is -3.51. The van der Waals surface area contributed by atoms with Crippen LogP contribution in [0.1, 0.15) is 45.6 Å². The van der Waals surface area contributed by atoms with Crippen LogP contribution >= 0.6 is 11.6 Å². The molecule has 0 radical (unpaired) electrons. The van der Waals surface area contributed by atoms with Gasteiger partial charge in [0.15, 0.2) is 5.82 Å². The van der Waals surface area contributed by atoms with Crippen molar-refractivity contribution in [3.63, 3.8) is 0 Å². The molecule has 49 heavy (non-hydrogen) atoms. The number of halogens is 6. The third-order valence-corrected chi connectivity index (χ3v) is 9.45. The lowest BCUT2D eigenvalue weighted by Gasteiger charge is -2.40. The Morgan fingerprint density at radius 3 is 2.65 bits per heavy atom. The number of alkyl halides is 4. The first-order valence-electron chi connectivity index (χ1n) is 15.9. The molecule has 3 aliphatic rings. The highest BCUT2D eigenvalue weighted by molar-refractivity contribution is 6.31. The largest absolute Gasteiger partial charge is 0.461 e. The molecule has 16 heteroatoms. The zero-order valence-corrected chi connectivity index (χ0v) is 27.9. The van der Waals surface area contributed by atoms with Crippen molar-refractivity contribution in [2.75, 3.05) is 50.8 Å². The van der Waals surface area contributed by atoms with E-state index in [-0.39, 0.29) is 68.5 Å². The number of carbonyl (C=O) groups is 1. The summed E-state index contributed by atoms with van der Waals surface area (Å²) in [7, 11) is 0. The minimum Gasteiger partial charge on any atom is -0.461 e. The van der Waals surface area contributed by atoms with Crippen LogP contribution in [0.25, 0.3) is 27.0 Å². The predicted molar refractivity (Wildman–Crippen MR) is 172 cm³/mol. The Kier molecular flexibility index (Phi) is 9.25. The quantitative estimate of drug-likeness (QED) is 0.204. The third-order valence-electron chi connectivity index (χ3n) is 9.14. The molecule has 0 saturated carbocycles. The lowest BCUT2D eigenvalue weighted by molar-refractivity contribution is -0.137. The Balaban J connectivity index is 1.43. The molecule has 3 atom stereocenters. The van der Waals surface area contributed by atoms with E-state index in [1.54, 1.807) is 25.7 Å². The van der Waals surface area contributed by atoms with E-state index in [1.165, 1.54) is 17.2 Å². The van der Waals surface area contributed by atoms with Crippen LogP contribution in [0.5, 0.6) is 6.01 Å². The third kappa shape index (κ3) is 6.90. The molecule has 262 valence electrons. The second-order valence-electron chi connectivity index (χ2n) is 13.7. The van der Waals surface area contributed by atoms with Gasteiger partial charge in [-0.05, 0) is 46.2 Å². The van der Waals surface area contributed by atoms with E-state index in [1.807, 2.05) is 4.90 Å². The van der Waals surface area contributed by atoms with Gasteiger partial charge in [0.1, 0.15) is 41.4 Å². The number of fused-ring (bicyclic) bond motifs is 2. The molecule has 1 amide bonds. The van der Waals surface area contributed by atoms with Gasteiger partial charge < -0.3 is 19.2 Å². The highest BCUT2D eigenvalue weighted by atomic mass is 35.5. The molecule has 3 aromatic rings. The van der Waals surface area contributed by atoms with Crippen LogP contribution in [-0.2, 0) is 10.9 Å². The summed E-state index contributed by atoms with van der Waals surface area (Å²) in [5.41, 5.74) is -4.11. The van der Waals surface area contributed by atoms with Crippen molar-refractivity contribution in [3.8, 4) is 17.3 Å². The standard InChI is InChI=1S/C33H35ClF5N7O3/c1-31(2,3)49-30(47)46-12-11-44(17-20(46)14-40-4)28-22-15-41-26(21-7-5-8-23(34)24(21)33(37,38)39)25(36)27(22)42-29(43-28)48-18-32-9-6-10-45(32)16-19(35)13-32/h5,7-8,15,19-20H,6,9-14,16-18H2,1-3H3/t19-,20+,32+/m1/s1. The van der Waals surface area contributed by atoms with Crippen molar-refractivity contribution in [1.82, 2.24) is 24.8 Å². The Labute approximate surface area is 285 Å². The molecular weight excluding hydrogens is 673 g/mol. The van der Waals surface area contributed by atoms with E-state index in [0.29, 0.717) is 13.0 Å². The average molecular weight is 708 g/mol. The van der Waals surface area contributed by atoms with Gasteiger partial charge in [0.2, 0.25) is 6.54 Å². The number of nitrogens with zero attached hydrogens (tertiary/aromatic N) is 7. The van der Waals surface area contributed by atoms with Crippen molar-refractivity contribution >= 4 is 34.4 Å². The zero-order valence-electron chi connectivity index (χ0n) is 27.2. The fourth-order valence-electron chi connectivity index (χ4n) is 7.04. The maximum absolute atomic E-state index is 16.5. The van der Waals surface area contributed by atoms with Crippen molar-refractivity contribution in [2.24, 2.45) is 0 Å². The zero-order chi connectivity index (χ0) is 35.3. The number of aromatic nitrogens is 3. The molecule has 3 aliphatic heterocycles. The smallest absolute Gasteiger partial charge is 0.418 e. The molecule has 3 fully saturated rings. The van der Waals surface area contributed by atoms with Crippen LogP contribution in [0.15, 0.2) is 24.4 Å². The minimum atomic E-state index is -4.91. The van der Waals surface area contributed by atoms with Crippen LogP contribution in [0.4, 0.5) is 32.6 Å². The first-order chi connectivity index (χ1) is 23.1. The number of ether oxygens (including phenoxy) is 2. The van der Waals surface area contributed by atoms with Crippen molar-refractivity contribution in [2.45, 2.75) is 69.6 Å². The Morgan fingerprint density at radius 2 is 1.94 bits per heavy atom. The van der Waals surface area contributed by atoms with Crippen LogP contribution in [-0.4, -0.2) is 100 Å². The summed E-state index contributed by atoms with van der Waals surface area (Å²) in [5, 5.41) is -0.530. The molecular formula is C33H35ClF5N7O3. The number of piperazine rings is 1. The summed E-state index contributed by atoms with van der Waals surface area (Å²) in [6.45, 7) is 14.1. The van der Waals surface area contributed by atoms with Gasteiger partial charge in [0.05, 0.1) is 21.5 Å². The van der Waals surface area contributed by atoms with Gasteiger partial charge in [0, 0.05) is 44.4 Å². The second-order valence-corrected chi connectivity index (χ2v) is 14.1. The van der Waals surface area contributed by atoms with E-state index in [0.717, 1.165) is 18.6 Å². The number of carbonyl (C=O) groups excluding carboxylic acids is 1. The fraction of sp³-hybridized carbons (Fsp3) is 0.545. The van der Waals surface area contributed by atoms with Gasteiger partial charge in [-0.25, -0.2) is 20.1 Å². The summed E-state index contributed by atoms with van der Waals surface area (Å²) in [6, 6.07) is 2.54. The number of anilines is 1. The number of hydrogen-bond donors (Lipinski definition) is 0. The minimum absolute atomic E-state index is 0.0250. The summed E-state index contributed by atoms with van der Waals surface area (Å²) in [4.78, 5) is 34.8. The lowest BCUT2D eigenvalue weighted by Crippen LogP contribution is -2.57. The Hall–Kier alpha value is -4.03. The van der Waals surface area contributed by atoms with Crippen LogP contribution < -0.4 is 9.64 Å². The van der Waals surface area contributed by atoms with Gasteiger partial charge in [-0.1, -0.05) is 23.7 Å². The topological polar surface area (TPSA) is 88.3 Å². The number of amides is 1. The van der Waals surface area contributed by atoms with E-state index in [2.05, 4.69) is 19.8 Å². The SMILES string of the molecule is [C-]#[N+]C[C@H]1CN(c2nc(OC[C@@]34CCCN3C[C@H](F)C4)nc3c(F)c(-c4cccc(Cl)c4C(F)(F)F)ncc23)CCN1C(=O)OC(C)(C)C. The van der Waals surface area contributed by atoms with Gasteiger partial charge in [-0.2, -0.15) is 23.1 Å². The van der Waals surface area contributed by atoms with E-state index in [4.69, 9.17) is 27.6 Å². The lowest BCUT2D eigenvalue weighted by atomic mass is 9.95. The normalized spacial score (nSPS) is 23.1. The fourth-order valence-corrected chi connectivity index (χ4v) is 7.32. The number of hydrogen-bond acceptors (Lipinski definition) is 8. The predicted octanol–water partition coefficient (Wildman–Crippen LogP) is 6.80. The highest BCUT2D eigenvalue weighted by Crippen LogP contribution is 2.43. The molecule has 3 saturated heterocycles. The maximum Gasteiger partial charge on any atom is 0.418 e. The highest BCUT2D eigenvalue weighted by Gasteiger charge is 2.49. The Bertz CT molecular complexity index is 1800. The molecule has 10 nitrogen and oxygen atoms in total. The number of pyridine rings is 1. The molecule has 2 aromatic heterocycles. The number of rotatable bonds is 6. The van der Waals surface area contributed by atoms with E-state index >= 15 is 4.39 Å². The first-order valence-corrected chi connectivity index (χ1v) is 16.3. The van der Waals surface area contributed by atoms with Crippen LogP contribution in [0, 0.1) is 12.4 Å². The van der Waals surface area contributed by atoms with Gasteiger partial charge in [-0.3, -0.25) is 14.8 Å². The van der Waals surface area contributed by atoms with Crippen molar-refractivity contribution in [1.29, 1.82) is 0 Å². The Morgan fingerprint density at radius 1 is 1.16 bits per heavy atom. The average Bonchev–Trinajstić information content (AvgIpc) is 3.54. The monoisotopic (exact) mass is 707 g/mol. The molecule has 0 N–H and O–H groups in total. The molecule has 1 aromatic carbocycles. The molecule has 0 aliphatic carbocycles. The molecule has 0 spiro atoms. The summed E-state index contributed by atoms with van der Waals surface area (Å²) >= 11 is 5.94. The molecule has 6 rings (SSSR count). The molecule has 5 heterocycles. The van der Waals surface area contributed by atoms with Gasteiger partial charge in [-0.15, -0.1) is 0 Å². The first kappa shape index (κ1) is 34.8. The second kappa shape index (κ2) is 13.0. The summed E-state index contributed by atoms with van der Waals surface area (Å²) < 4.78 is 84.9. The van der Waals surface area contributed by atoms with Crippen LogP contribution in [0.2, 0.25) is 5.02 Å². The van der Waals surface area contributed by atoms with Crippen molar-refractivity contribution in [3.05, 3.63) is 52.2 Å². The van der Waals surface area contributed by atoms with Crippen molar-refractivity contribution < 1.29 is 36.2 Å². The van der Waals surface area contributed by atoms with Gasteiger partial charge in [0.25, 0.3) is 0 Å². The van der Waals surface area contributed by atoms with Crippen LogP contribution in [0.3, 0.4) is 0 Å². The van der Waals surface area contributed by atoms with E-state index in [9.17, 15) is 22.4 Å². The van der Waals surface area contributed by atoms with Gasteiger partial charge >= 0.3 is 18.3 Å². The molecule has 0 unspecified atom stereocenters. The number of benzene rings is 1. The van der Waals surface area contributed by atoms with E-state index < -0.39 is 63.3 Å². The molecule has 0 bridgehead atoms. The summed E-state index contributed by atoms with van der Waals surface area (Å²) in [5.74, 6) is -0.983.